The molecule has 0 saturated heterocycles. The highest BCUT2D eigenvalue weighted by atomic mass is 32.1. The van der Waals surface area contributed by atoms with Crippen molar-refractivity contribution in [2.45, 2.75) is 38.8 Å². The zero-order valence-corrected chi connectivity index (χ0v) is 8.68. The molecule has 1 aromatic heterocycles. The maximum Gasteiger partial charge on any atom is 0.0893 e. The molecule has 0 bridgehead atoms. The predicted molar refractivity (Wildman–Crippen MR) is 53.6 cm³/mol. The summed E-state index contributed by atoms with van der Waals surface area (Å²) in [7, 11) is 0. The Hall–Kier alpha value is -0.480. The second kappa shape index (κ2) is 4.15. The highest BCUT2D eigenvalue weighted by Crippen LogP contribution is 2.29. The zero-order chi connectivity index (χ0) is 9.10. The van der Waals surface area contributed by atoms with Crippen LogP contribution in [0.1, 0.15) is 31.9 Å². The molecule has 4 heteroatoms. The third-order valence-electron chi connectivity index (χ3n) is 2.87. The van der Waals surface area contributed by atoms with Crippen molar-refractivity contribution in [1.82, 2.24) is 14.9 Å². The van der Waals surface area contributed by atoms with Crippen LogP contribution in [0, 0.1) is 5.92 Å². The van der Waals surface area contributed by atoms with Gasteiger partial charge in [0.1, 0.15) is 0 Å². The number of nitrogens with one attached hydrogen (secondary N) is 1. The van der Waals surface area contributed by atoms with Crippen molar-refractivity contribution in [3.05, 3.63) is 11.1 Å². The maximum absolute atomic E-state index is 4.00. The van der Waals surface area contributed by atoms with Gasteiger partial charge in [0.2, 0.25) is 0 Å². The molecule has 1 aliphatic carbocycles. The number of hydrogen-bond acceptors (Lipinski definition) is 4. The number of nitrogens with zero attached hydrogens (tertiary/aromatic N) is 2. The normalized spacial score (nSPS) is 19.8. The monoisotopic (exact) mass is 197 g/mol. The first kappa shape index (κ1) is 9.09. The summed E-state index contributed by atoms with van der Waals surface area (Å²) in [6.45, 7) is 3.14. The minimum Gasteiger partial charge on any atom is -0.308 e. The van der Waals surface area contributed by atoms with E-state index in [9.17, 15) is 0 Å². The summed E-state index contributed by atoms with van der Waals surface area (Å²) >= 11 is 1.42. The third kappa shape index (κ3) is 2.25. The van der Waals surface area contributed by atoms with E-state index in [-0.39, 0.29) is 0 Å². The van der Waals surface area contributed by atoms with E-state index < -0.39 is 0 Å². The van der Waals surface area contributed by atoms with Crippen LogP contribution in [0.2, 0.25) is 0 Å². The lowest BCUT2D eigenvalue weighted by Crippen LogP contribution is -2.36. The van der Waals surface area contributed by atoms with Crippen LogP contribution in [-0.4, -0.2) is 15.6 Å². The standard InChI is InChI=1S/C9H15N3S/c1-7(8-3-2-4-8)10-5-9-6-13-12-11-9/h6-8,10H,2-5H2,1H3. The Balaban J connectivity index is 1.72. The molecule has 13 heavy (non-hydrogen) atoms. The quantitative estimate of drug-likeness (QED) is 0.800. The maximum atomic E-state index is 4.00. The molecule has 1 aliphatic rings. The molecule has 0 spiro atoms. The second-order valence-electron chi connectivity index (χ2n) is 3.76. The van der Waals surface area contributed by atoms with E-state index in [0.717, 1.165) is 18.2 Å². The highest BCUT2D eigenvalue weighted by molar-refractivity contribution is 7.03. The Labute approximate surface area is 82.7 Å². The molecule has 2 rings (SSSR count). The molecule has 1 saturated carbocycles. The van der Waals surface area contributed by atoms with Crippen LogP contribution in [0.5, 0.6) is 0 Å². The van der Waals surface area contributed by atoms with Crippen LogP contribution in [-0.2, 0) is 6.54 Å². The first-order valence-electron chi connectivity index (χ1n) is 4.85. The largest absolute Gasteiger partial charge is 0.308 e. The summed E-state index contributed by atoms with van der Waals surface area (Å²) in [5.74, 6) is 0.895. The average molecular weight is 197 g/mol. The fourth-order valence-corrected chi connectivity index (χ4v) is 2.08. The first-order valence-corrected chi connectivity index (χ1v) is 5.69. The van der Waals surface area contributed by atoms with E-state index in [0.29, 0.717) is 6.04 Å². The topological polar surface area (TPSA) is 37.8 Å². The van der Waals surface area contributed by atoms with E-state index in [1.54, 1.807) is 0 Å². The van der Waals surface area contributed by atoms with Gasteiger partial charge in [0.15, 0.2) is 0 Å². The number of hydrogen-bond donors (Lipinski definition) is 1. The van der Waals surface area contributed by atoms with Gasteiger partial charge in [0.25, 0.3) is 0 Å². The van der Waals surface area contributed by atoms with Crippen molar-refractivity contribution < 1.29 is 0 Å². The Bertz CT molecular complexity index is 243. The average Bonchev–Trinajstić information content (AvgIpc) is 2.49. The highest BCUT2D eigenvalue weighted by Gasteiger charge is 2.23. The van der Waals surface area contributed by atoms with Gasteiger partial charge in [-0.2, -0.15) is 0 Å². The lowest BCUT2D eigenvalue weighted by molar-refractivity contribution is 0.239. The molecule has 0 aliphatic heterocycles. The summed E-state index contributed by atoms with van der Waals surface area (Å²) in [5, 5.41) is 9.49. The van der Waals surface area contributed by atoms with Crippen molar-refractivity contribution in [2.24, 2.45) is 5.92 Å². The van der Waals surface area contributed by atoms with Crippen LogP contribution in [0.25, 0.3) is 0 Å². The molecule has 1 unspecified atom stereocenters. The van der Waals surface area contributed by atoms with Crippen molar-refractivity contribution >= 4 is 11.5 Å². The summed E-state index contributed by atoms with van der Waals surface area (Å²) in [5.41, 5.74) is 1.07. The van der Waals surface area contributed by atoms with Crippen LogP contribution in [0.15, 0.2) is 5.38 Å². The summed E-state index contributed by atoms with van der Waals surface area (Å²) in [4.78, 5) is 0. The second-order valence-corrected chi connectivity index (χ2v) is 4.37. The Morgan fingerprint density at radius 1 is 1.69 bits per heavy atom. The smallest absolute Gasteiger partial charge is 0.0893 e. The molecule has 1 fully saturated rings. The van der Waals surface area contributed by atoms with Crippen molar-refractivity contribution in [1.29, 1.82) is 0 Å². The fourth-order valence-electron chi connectivity index (χ4n) is 1.63. The lowest BCUT2D eigenvalue weighted by Gasteiger charge is -2.31. The van der Waals surface area contributed by atoms with Gasteiger partial charge in [-0.1, -0.05) is 10.9 Å². The van der Waals surface area contributed by atoms with Crippen molar-refractivity contribution in [3.63, 3.8) is 0 Å². The van der Waals surface area contributed by atoms with Gasteiger partial charge in [0, 0.05) is 18.0 Å². The Morgan fingerprint density at radius 2 is 2.54 bits per heavy atom. The molecule has 1 heterocycles. The minimum absolute atomic E-state index is 0.635. The minimum atomic E-state index is 0.635. The number of aromatic nitrogens is 2. The lowest BCUT2D eigenvalue weighted by atomic mass is 9.80. The van der Waals surface area contributed by atoms with E-state index in [2.05, 4.69) is 21.8 Å². The van der Waals surface area contributed by atoms with Crippen molar-refractivity contribution in [3.8, 4) is 0 Å². The van der Waals surface area contributed by atoms with Gasteiger partial charge in [0.05, 0.1) is 5.69 Å². The van der Waals surface area contributed by atoms with Crippen LogP contribution >= 0.6 is 11.5 Å². The molecular weight excluding hydrogens is 182 g/mol. The zero-order valence-electron chi connectivity index (χ0n) is 7.86. The Kier molecular flexibility index (Phi) is 2.90. The molecule has 72 valence electrons. The van der Waals surface area contributed by atoms with Gasteiger partial charge >= 0.3 is 0 Å². The van der Waals surface area contributed by atoms with E-state index >= 15 is 0 Å². The van der Waals surface area contributed by atoms with Gasteiger partial charge in [-0.15, -0.1) is 5.10 Å². The molecule has 3 nitrogen and oxygen atoms in total. The van der Waals surface area contributed by atoms with Crippen LogP contribution in [0.3, 0.4) is 0 Å². The van der Waals surface area contributed by atoms with E-state index in [1.165, 1.54) is 30.8 Å². The first-order chi connectivity index (χ1) is 6.36. The molecule has 1 aromatic rings. The fraction of sp³-hybridized carbons (Fsp3) is 0.778. The SMILES string of the molecule is CC(NCc1csnn1)C1CCC1. The summed E-state index contributed by atoms with van der Waals surface area (Å²) in [6.07, 6.45) is 4.20. The van der Waals surface area contributed by atoms with Crippen molar-refractivity contribution in [2.75, 3.05) is 0 Å². The van der Waals surface area contributed by atoms with Gasteiger partial charge in [-0.25, -0.2) is 0 Å². The molecular formula is C9H15N3S. The van der Waals surface area contributed by atoms with Gasteiger partial charge < -0.3 is 5.32 Å². The summed E-state index contributed by atoms with van der Waals surface area (Å²) < 4.78 is 3.83. The summed E-state index contributed by atoms with van der Waals surface area (Å²) in [6, 6.07) is 0.635. The van der Waals surface area contributed by atoms with E-state index in [1.807, 2.05) is 5.38 Å². The van der Waals surface area contributed by atoms with Crippen LogP contribution in [0.4, 0.5) is 0 Å². The molecule has 0 aromatic carbocycles. The molecule has 1 atom stereocenters. The van der Waals surface area contributed by atoms with Crippen LogP contribution < -0.4 is 5.32 Å². The molecule has 1 N–H and O–H groups in total. The van der Waals surface area contributed by atoms with E-state index in [4.69, 9.17) is 0 Å². The van der Waals surface area contributed by atoms with Gasteiger partial charge in [-0.3, -0.25) is 0 Å². The Morgan fingerprint density at radius 3 is 3.08 bits per heavy atom. The third-order valence-corrected chi connectivity index (χ3v) is 3.42. The molecule has 0 radical (unpaired) electrons. The van der Waals surface area contributed by atoms with Gasteiger partial charge in [-0.05, 0) is 37.2 Å². The molecule has 0 amide bonds. The number of rotatable bonds is 4. The predicted octanol–water partition coefficient (Wildman–Crippen LogP) is 1.82.